The average Bonchev–Trinajstić information content (AvgIpc) is 2.88. The number of methoxy groups -OCH3 is 1. The Balaban J connectivity index is 1.95. The largest absolute Gasteiger partial charge is 0.497 e. The zero-order valence-electron chi connectivity index (χ0n) is 20.8. The number of hydrogen-bond acceptors (Lipinski definition) is 7. The van der Waals surface area contributed by atoms with Crippen LogP contribution < -0.4 is 10.2 Å². The van der Waals surface area contributed by atoms with E-state index in [4.69, 9.17) is 4.74 Å². The normalized spacial score (nSPS) is 15.7. The number of hydroxylamine groups is 1. The highest BCUT2D eigenvalue weighted by Crippen LogP contribution is 2.31. The first kappa shape index (κ1) is 27.6. The molecule has 11 heteroatoms. The molecule has 0 aliphatic carbocycles. The highest BCUT2D eigenvalue weighted by molar-refractivity contribution is 7.89. The summed E-state index contributed by atoms with van der Waals surface area (Å²) in [7, 11) is 0.968. The van der Waals surface area contributed by atoms with Crippen LogP contribution in [0.1, 0.15) is 18.4 Å². The highest BCUT2D eigenvalue weighted by atomic mass is 32.2. The molecule has 2 aromatic carbocycles. The molecule has 0 spiro atoms. The van der Waals surface area contributed by atoms with E-state index >= 15 is 0 Å². The van der Waals surface area contributed by atoms with Crippen molar-refractivity contribution in [3.05, 3.63) is 60.2 Å². The number of nitrogens with zero attached hydrogens (tertiary/aromatic N) is 3. The molecule has 1 fully saturated rings. The van der Waals surface area contributed by atoms with Crippen LogP contribution in [0.15, 0.2) is 59.5 Å². The van der Waals surface area contributed by atoms with E-state index in [-0.39, 0.29) is 23.9 Å². The van der Waals surface area contributed by atoms with Crippen molar-refractivity contribution in [1.82, 2.24) is 19.6 Å². The van der Waals surface area contributed by atoms with Gasteiger partial charge >= 0.3 is 0 Å². The standard InChI is InChI=1S/C25H34N4O6S/c1-27(2)18-23(30)28-15-13-20(14-16-28)24(25(31)26-32)29(17-19-7-5-4-6-8-19)36(33,34)22-11-9-21(35-3)10-12-22/h4-12,20,24,32H,13-18H2,1-3H3,(H,26,31)/t24-/m1/s1. The third-order valence-electron chi connectivity index (χ3n) is 6.33. The molecule has 0 saturated carbocycles. The molecule has 0 unspecified atom stereocenters. The minimum atomic E-state index is -4.16. The quantitative estimate of drug-likeness (QED) is 0.362. The molecule has 1 aliphatic heterocycles. The molecule has 0 radical (unpaired) electrons. The number of amides is 2. The van der Waals surface area contributed by atoms with Crippen LogP contribution in [0.5, 0.6) is 5.75 Å². The lowest BCUT2D eigenvalue weighted by Gasteiger charge is -2.39. The summed E-state index contributed by atoms with van der Waals surface area (Å²) in [5.41, 5.74) is 2.38. The van der Waals surface area contributed by atoms with Crippen LogP contribution in [0.25, 0.3) is 0 Å². The molecule has 0 aromatic heterocycles. The first-order chi connectivity index (χ1) is 17.2. The third kappa shape index (κ3) is 6.61. The number of nitrogens with one attached hydrogen (secondary N) is 1. The number of rotatable bonds is 10. The number of piperidine rings is 1. The Labute approximate surface area is 212 Å². The maximum absolute atomic E-state index is 13.9. The summed E-state index contributed by atoms with van der Waals surface area (Å²) >= 11 is 0. The Morgan fingerprint density at radius 1 is 1.08 bits per heavy atom. The van der Waals surface area contributed by atoms with E-state index in [2.05, 4.69) is 0 Å². The summed E-state index contributed by atoms with van der Waals surface area (Å²) in [6.07, 6.45) is 0.835. The zero-order valence-corrected chi connectivity index (χ0v) is 21.6. The predicted octanol–water partition coefficient (Wildman–Crippen LogP) is 1.56. The van der Waals surface area contributed by atoms with E-state index in [0.717, 1.165) is 4.31 Å². The van der Waals surface area contributed by atoms with Gasteiger partial charge in [-0.15, -0.1) is 0 Å². The molecule has 2 N–H and O–H groups in total. The Hall–Kier alpha value is -2.99. The van der Waals surface area contributed by atoms with E-state index in [0.29, 0.717) is 37.2 Å². The SMILES string of the molecule is COc1ccc(S(=O)(=O)N(Cc2ccccc2)[C@@H](C(=O)NO)C2CCN(C(=O)CN(C)C)CC2)cc1. The molecule has 36 heavy (non-hydrogen) atoms. The van der Waals surface area contributed by atoms with Crippen molar-refractivity contribution in [2.75, 3.05) is 40.8 Å². The molecule has 196 valence electrons. The summed E-state index contributed by atoms with van der Waals surface area (Å²) in [4.78, 5) is 29.0. The lowest BCUT2D eigenvalue weighted by atomic mass is 9.88. The molecular weight excluding hydrogens is 484 g/mol. The fourth-order valence-corrected chi connectivity index (χ4v) is 6.10. The van der Waals surface area contributed by atoms with Gasteiger partial charge in [0.25, 0.3) is 5.91 Å². The number of likely N-dealkylation sites (N-methyl/N-ethyl adjacent to an activating group) is 1. The minimum Gasteiger partial charge on any atom is -0.497 e. The first-order valence-corrected chi connectivity index (χ1v) is 13.2. The van der Waals surface area contributed by atoms with Gasteiger partial charge in [-0.2, -0.15) is 4.31 Å². The van der Waals surface area contributed by atoms with Gasteiger partial charge in [0, 0.05) is 19.6 Å². The van der Waals surface area contributed by atoms with Crippen LogP contribution in [0, 0.1) is 5.92 Å². The van der Waals surface area contributed by atoms with E-state index in [9.17, 15) is 23.2 Å². The number of benzene rings is 2. The van der Waals surface area contributed by atoms with Gasteiger partial charge in [-0.1, -0.05) is 30.3 Å². The number of sulfonamides is 1. The molecule has 10 nitrogen and oxygen atoms in total. The van der Waals surface area contributed by atoms with Crippen LogP contribution in [0.3, 0.4) is 0 Å². The van der Waals surface area contributed by atoms with E-state index in [1.165, 1.54) is 19.2 Å². The zero-order chi connectivity index (χ0) is 26.3. The smallest absolute Gasteiger partial charge is 0.262 e. The van der Waals surface area contributed by atoms with Gasteiger partial charge in [0.15, 0.2) is 0 Å². The number of likely N-dealkylation sites (tertiary alicyclic amines) is 1. The lowest BCUT2D eigenvalue weighted by molar-refractivity contribution is -0.137. The molecule has 1 saturated heterocycles. The second-order valence-corrected chi connectivity index (χ2v) is 11.0. The minimum absolute atomic E-state index is 0.00793. The second-order valence-electron chi connectivity index (χ2n) is 9.09. The molecule has 1 atom stereocenters. The van der Waals surface area contributed by atoms with Crippen molar-refractivity contribution in [3.63, 3.8) is 0 Å². The van der Waals surface area contributed by atoms with Crippen molar-refractivity contribution >= 4 is 21.8 Å². The first-order valence-electron chi connectivity index (χ1n) is 11.7. The highest BCUT2D eigenvalue weighted by Gasteiger charge is 2.42. The lowest BCUT2D eigenvalue weighted by Crippen LogP contribution is -2.55. The van der Waals surface area contributed by atoms with E-state index < -0.39 is 27.9 Å². The second kappa shape index (κ2) is 12.3. The van der Waals surface area contributed by atoms with Gasteiger partial charge in [-0.25, -0.2) is 13.9 Å². The Bertz CT molecular complexity index is 1120. The predicted molar refractivity (Wildman–Crippen MR) is 134 cm³/mol. The summed E-state index contributed by atoms with van der Waals surface area (Å²) in [5.74, 6) is -0.727. The van der Waals surface area contributed by atoms with Crippen molar-refractivity contribution in [2.24, 2.45) is 5.92 Å². The van der Waals surface area contributed by atoms with Crippen LogP contribution in [-0.4, -0.2) is 86.4 Å². The molecule has 0 bridgehead atoms. The van der Waals surface area contributed by atoms with Crippen molar-refractivity contribution in [2.45, 2.75) is 30.3 Å². The summed E-state index contributed by atoms with van der Waals surface area (Å²) in [5, 5.41) is 9.59. The van der Waals surface area contributed by atoms with Crippen LogP contribution in [0.4, 0.5) is 0 Å². The van der Waals surface area contributed by atoms with Crippen molar-refractivity contribution < 1.29 is 28.0 Å². The maximum Gasteiger partial charge on any atom is 0.262 e. The van der Waals surface area contributed by atoms with Gasteiger partial charge < -0.3 is 14.5 Å². The fourth-order valence-electron chi connectivity index (χ4n) is 4.46. The van der Waals surface area contributed by atoms with E-state index in [1.54, 1.807) is 51.7 Å². The Morgan fingerprint density at radius 3 is 2.22 bits per heavy atom. The molecule has 1 heterocycles. The number of ether oxygens (including phenoxy) is 1. The molecule has 2 amide bonds. The van der Waals surface area contributed by atoms with Gasteiger partial charge in [-0.05, 0) is 62.7 Å². The molecular formula is C25H34N4O6S. The number of carbonyl (C=O) groups excluding carboxylic acids is 2. The molecule has 1 aliphatic rings. The summed E-state index contributed by atoms with van der Waals surface area (Å²) in [6, 6.07) is 13.8. The summed E-state index contributed by atoms with van der Waals surface area (Å²) in [6.45, 7) is 1.01. The van der Waals surface area contributed by atoms with Gasteiger partial charge in [-0.3, -0.25) is 14.8 Å². The topological polar surface area (TPSA) is 119 Å². The van der Waals surface area contributed by atoms with Crippen molar-refractivity contribution in [3.8, 4) is 5.75 Å². The average molecular weight is 519 g/mol. The number of hydrogen-bond donors (Lipinski definition) is 2. The van der Waals surface area contributed by atoms with Crippen LogP contribution in [-0.2, 0) is 26.2 Å². The summed E-state index contributed by atoms with van der Waals surface area (Å²) < 4.78 is 34.1. The third-order valence-corrected chi connectivity index (χ3v) is 8.17. The van der Waals surface area contributed by atoms with Gasteiger partial charge in [0.2, 0.25) is 15.9 Å². The Kier molecular flexibility index (Phi) is 9.43. The fraction of sp³-hybridized carbons (Fsp3) is 0.440. The monoisotopic (exact) mass is 518 g/mol. The number of carbonyl (C=O) groups is 2. The van der Waals surface area contributed by atoms with Gasteiger partial charge in [0.1, 0.15) is 11.8 Å². The van der Waals surface area contributed by atoms with Crippen molar-refractivity contribution in [1.29, 1.82) is 0 Å². The van der Waals surface area contributed by atoms with Crippen LogP contribution >= 0.6 is 0 Å². The maximum atomic E-state index is 13.9. The Morgan fingerprint density at radius 2 is 1.69 bits per heavy atom. The van der Waals surface area contributed by atoms with Gasteiger partial charge in [0.05, 0.1) is 18.6 Å². The van der Waals surface area contributed by atoms with Crippen LogP contribution in [0.2, 0.25) is 0 Å². The molecule has 3 rings (SSSR count). The van der Waals surface area contributed by atoms with E-state index in [1.807, 2.05) is 20.2 Å². The molecule has 2 aromatic rings.